The molecule has 0 radical (unpaired) electrons. The smallest absolute Gasteiger partial charge is 0.246 e. The van der Waals surface area contributed by atoms with Crippen molar-refractivity contribution < 1.29 is 18.7 Å². The fourth-order valence-corrected chi connectivity index (χ4v) is 5.84. The Bertz CT molecular complexity index is 1430. The molecule has 0 fully saturated rings. The van der Waals surface area contributed by atoms with Crippen LogP contribution in [0.4, 0.5) is 10.1 Å². The monoisotopic (exact) mass is 463 g/mol. The third-order valence-electron chi connectivity index (χ3n) is 7.45. The maximum atomic E-state index is 14.7. The minimum Gasteiger partial charge on any atom is -0.493 e. The summed E-state index contributed by atoms with van der Waals surface area (Å²) in [5, 5.41) is 0. The van der Waals surface area contributed by atoms with Gasteiger partial charge in [-0.25, -0.2) is 4.39 Å². The van der Waals surface area contributed by atoms with Gasteiger partial charge in [0.15, 0.2) is 0 Å². The number of hydrogen-bond acceptors (Lipinski definition) is 3. The first-order chi connectivity index (χ1) is 17.2. The van der Waals surface area contributed by atoms with E-state index < -0.39 is 11.5 Å². The molecule has 4 aromatic rings. The van der Waals surface area contributed by atoms with Crippen LogP contribution in [0.1, 0.15) is 33.9 Å². The van der Waals surface area contributed by atoms with Crippen LogP contribution in [-0.4, -0.2) is 19.1 Å². The molecule has 0 N–H and O–H groups in total. The van der Waals surface area contributed by atoms with Gasteiger partial charge in [0.2, 0.25) is 5.91 Å². The van der Waals surface area contributed by atoms with Gasteiger partial charge in [0, 0.05) is 18.1 Å². The largest absolute Gasteiger partial charge is 0.493 e. The summed E-state index contributed by atoms with van der Waals surface area (Å²) in [4.78, 5) is 16.4. The van der Waals surface area contributed by atoms with Crippen molar-refractivity contribution in [2.24, 2.45) is 0 Å². The van der Waals surface area contributed by atoms with E-state index in [4.69, 9.17) is 9.47 Å². The van der Waals surface area contributed by atoms with E-state index >= 15 is 0 Å². The lowest BCUT2D eigenvalue weighted by atomic mass is 9.76. The van der Waals surface area contributed by atoms with Gasteiger partial charge in [-0.1, -0.05) is 66.7 Å². The first-order valence-electron chi connectivity index (χ1n) is 11.8. The van der Waals surface area contributed by atoms with Crippen molar-refractivity contribution in [2.75, 3.05) is 18.1 Å². The summed E-state index contributed by atoms with van der Waals surface area (Å²) < 4.78 is 26.6. The van der Waals surface area contributed by atoms with E-state index in [1.54, 1.807) is 11.0 Å². The van der Waals surface area contributed by atoms with Crippen LogP contribution in [0.5, 0.6) is 11.5 Å². The highest BCUT2D eigenvalue weighted by atomic mass is 19.1. The zero-order chi connectivity index (χ0) is 23.6. The molecule has 4 nitrogen and oxygen atoms in total. The minimum absolute atomic E-state index is 0.103. The van der Waals surface area contributed by atoms with Gasteiger partial charge in [0.25, 0.3) is 0 Å². The molecule has 0 aromatic heterocycles. The van der Waals surface area contributed by atoms with Crippen molar-refractivity contribution in [1.82, 2.24) is 0 Å². The van der Waals surface area contributed by atoms with Crippen LogP contribution in [0, 0.1) is 5.82 Å². The number of carbonyl (C=O) groups is 1. The lowest BCUT2D eigenvalue weighted by Crippen LogP contribution is -2.44. The van der Waals surface area contributed by atoms with Gasteiger partial charge in [-0.3, -0.25) is 9.69 Å². The van der Waals surface area contributed by atoms with Crippen LogP contribution in [0.2, 0.25) is 0 Å². The molecule has 3 aliphatic heterocycles. The van der Waals surface area contributed by atoms with Gasteiger partial charge >= 0.3 is 0 Å². The molecule has 3 aliphatic rings. The number of rotatable bonds is 3. The number of anilines is 1. The van der Waals surface area contributed by atoms with E-state index in [1.165, 1.54) is 12.1 Å². The van der Waals surface area contributed by atoms with Gasteiger partial charge in [-0.15, -0.1) is 0 Å². The SMILES string of the molecule is O=C1N(C(c2ccccc2)c2ccccc2)c2cc(F)ccc2C12COc1cc3c(cc12)CCO3. The summed E-state index contributed by atoms with van der Waals surface area (Å²) in [6.07, 6.45) is 0.795. The second-order valence-corrected chi connectivity index (χ2v) is 9.31. The molecule has 1 atom stereocenters. The highest BCUT2D eigenvalue weighted by Gasteiger charge is 2.58. The maximum absolute atomic E-state index is 14.7. The normalized spacial score (nSPS) is 19.5. The van der Waals surface area contributed by atoms with Gasteiger partial charge in [-0.2, -0.15) is 0 Å². The second-order valence-electron chi connectivity index (χ2n) is 9.31. The lowest BCUT2D eigenvalue weighted by Gasteiger charge is -2.31. The number of fused-ring (bicyclic) bond motifs is 5. The predicted molar refractivity (Wildman–Crippen MR) is 131 cm³/mol. The second kappa shape index (κ2) is 7.44. The Morgan fingerprint density at radius 1 is 0.800 bits per heavy atom. The fourth-order valence-electron chi connectivity index (χ4n) is 5.84. The van der Waals surface area contributed by atoms with Crippen LogP contribution in [0.25, 0.3) is 0 Å². The van der Waals surface area contributed by atoms with Gasteiger partial charge in [0.1, 0.15) is 29.3 Å². The third kappa shape index (κ3) is 2.81. The van der Waals surface area contributed by atoms with E-state index in [2.05, 4.69) is 6.07 Å². The Balaban J connectivity index is 1.47. The number of hydrogen-bond donors (Lipinski definition) is 0. The molecule has 0 aliphatic carbocycles. The van der Waals surface area contributed by atoms with Crippen LogP contribution < -0.4 is 14.4 Å². The number of halogens is 1. The average molecular weight is 464 g/mol. The Kier molecular flexibility index (Phi) is 4.31. The van der Waals surface area contributed by atoms with E-state index in [1.807, 2.05) is 66.7 Å². The quantitative estimate of drug-likeness (QED) is 0.398. The van der Waals surface area contributed by atoms with Crippen LogP contribution in [0.3, 0.4) is 0 Å². The Morgan fingerprint density at radius 3 is 2.23 bits per heavy atom. The number of ether oxygens (including phenoxy) is 2. The summed E-state index contributed by atoms with van der Waals surface area (Å²) >= 11 is 0. The van der Waals surface area contributed by atoms with Crippen molar-refractivity contribution in [1.29, 1.82) is 0 Å². The maximum Gasteiger partial charge on any atom is 0.246 e. The molecule has 7 rings (SSSR count). The number of carbonyl (C=O) groups excluding carboxylic acids is 1. The minimum atomic E-state index is -1.03. The average Bonchev–Trinajstić information content (AvgIpc) is 3.56. The van der Waals surface area contributed by atoms with Crippen LogP contribution in [0.15, 0.2) is 91.0 Å². The molecule has 1 spiro atoms. The Labute approximate surface area is 202 Å². The molecule has 1 amide bonds. The zero-order valence-electron chi connectivity index (χ0n) is 18.9. The standard InChI is InChI=1S/C30H22FNO3/c31-22-11-12-23-25(16-22)32(28(19-7-3-1-4-8-19)20-9-5-2-6-10-20)29(33)30(23)18-35-27-17-26-21(13-14-34-26)15-24(27)30/h1-12,15-17,28H,13-14,18H2. The van der Waals surface area contributed by atoms with Crippen molar-refractivity contribution in [3.05, 3.63) is 125 Å². The van der Waals surface area contributed by atoms with Crippen LogP contribution in [-0.2, 0) is 16.6 Å². The third-order valence-corrected chi connectivity index (χ3v) is 7.45. The van der Waals surface area contributed by atoms with Gasteiger partial charge in [0.05, 0.1) is 18.3 Å². The Morgan fingerprint density at radius 2 is 1.51 bits per heavy atom. The van der Waals surface area contributed by atoms with Crippen molar-refractivity contribution in [2.45, 2.75) is 17.9 Å². The van der Waals surface area contributed by atoms with E-state index in [0.29, 0.717) is 18.0 Å². The highest BCUT2D eigenvalue weighted by Crippen LogP contribution is 2.56. The summed E-state index contributed by atoms with van der Waals surface area (Å²) in [7, 11) is 0. The summed E-state index contributed by atoms with van der Waals surface area (Å²) in [6, 6.07) is 28.0. The molecular weight excluding hydrogens is 441 g/mol. The molecule has 4 aromatic carbocycles. The molecule has 35 heavy (non-hydrogen) atoms. The predicted octanol–water partition coefficient (Wildman–Crippen LogP) is 5.58. The van der Waals surface area contributed by atoms with Crippen molar-refractivity contribution in [3.8, 4) is 11.5 Å². The molecule has 0 saturated carbocycles. The molecular formula is C30H22FNO3. The first kappa shape index (κ1) is 20.3. The Hall–Kier alpha value is -4.12. The van der Waals surface area contributed by atoms with E-state index in [9.17, 15) is 9.18 Å². The molecule has 3 heterocycles. The molecule has 1 unspecified atom stereocenters. The number of benzene rings is 4. The van der Waals surface area contributed by atoms with Crippen LogP contribution >= 0.6 is 0 Å². The van der Waals surface area contributed by atoms with Gasteiger partial charge < -0.3 is 9.47 Å². The molecule has 172 valence electrons. The van der Waals surface area contributed by atoms with E-state index in [0.717, 1.165) is 40.0 Å². The van der Waals surface area contributed by atoms with Crippen molar-refractivity contribution >= 4 is 11.6 Å². The number of amides is 1. The van der Waals surface area contributed by atoms with Gasteiger partial charge in [-0.05, 0) is 40.5 Å². The van der Waals surface area contributed by atoms with E-state index in [-0.39, 0.29) is 18.3 Å². The number of nitrogens with zero attached hydrogens (tertiary/aromatic N) is 1. The lowest BCUT2D eigenvalue weighted by molar-refractivity contribution is -0.122. The summed E-state index contributed by atoms with van der Waals surface area (Å²) in [5.41, 5.74) is 4.16. The van der Waals surface area contributed by atoms with Crippen molar-refractivity contribution in [3.63, 3.8) is 0 Å². The molecule has 0 bridgehead atoms. The first-order valence-corrected chi connectivity index (χ1v) is 11.8. The topological polar surface area (TPSA) is 38.8 Å². The summed E-state index contributed by atoms with van der Waals surface area (Å²) in [6.45, 7) is 0.798. The zero-order valence-corrected chi connectivity index (χ0v) is 18.9. The summed E-state index contributed by atoms with van der Waals surface area (Å²) in [5.74, 6) is 0.995. The highest BCUT2D eigenvalue weighted by molar-refractivity contribution is 6.12. The molecule has 0 saturated heterocycles. The fraction of sp³-hybridized carbons (Fsp3) is 0.167. The molecule has 5 heteroatoms.